The van der Waals surface area contributed by atoms with Crippen LogP contribution in [0.5, 0.6) is 0 Å². The van der Waals surface area contributed by atoms with Crippen LogP contribution < -0.4 is 15.2 Å². The van der Waals surface area contributed by atoms with Crippen molar-refractivity contribution in [3.63, 3.8) is 0 Å². The Balaban J connectivity index is 1.97. The van der Waals surface area contributed by atoms with Crippen molar-refractivity contribution in [3.05, 3.63) is 35.9 Å². The Labute approximate surface area is 121 Å². The minimum absolute atomic E-state index is 0.0904. The van der Waals surface area contributed by atoms with Gasteiger partial charge in [0.05, 0.1) is 0 Å². The largest absolute Gasteiger partial charge is 0.326 e. The monoisotopic (exact) mass is 297 g/mol. The second kappa shape index (κ2) is 6.67. The zero-order valence-corrected chi connectivity index (χ0v) is 12.6. The number of benzene rings is 1. The highest BCUT2D eigenvalue weighted by atomic mass is 32.2. The lowest BCUT2D eigenvalue weighted by Gasteiger charge is -2.29. The minimum Gasteiger partial charge on any atom is -0.326 e. The summed E-state index contributed by atoms with van der Waals surface area (Å²) in [6.45, 7) is 1.83. The van der Waals surface area contributed by atoms with E-state index in [1.165, 1.54) is 0 Å². The lowest BCUT2D eigenvalue weighted by molar-refractivity contribution is 0.359. The first-order chi connectivity index (χ1) is 9.48. The van der Waals surface area contributed by atoms with Gasteiger partial charge < -0.3 is 5.73 Å². The first kappa shape index (κ1) is 15.4. The Morgan fingerprint density at radius 1 is 1.20 bits per heavy atom. The van der Waals surface area contributed by atoms with Crippen LogP contribution in [0.2, 0.25) is 0 Å². The second-order valence-electron chi connectivity index (χ2n) is 5.43. The van der Waals surface area contributed by atoms with Crippen molar-refractivity contribution in [2.75, 3.05) is 0 Å². The van der Waals surface area contributed by atoms with Crippen LogP contribution in [0, 0.1) is 0 Å². The Morgan fingerprint density at radius 3 is 2.50 bits per heavy atom. The van der Waals surface area contributed by atoms with Crippen molar-refractivity contribution in [2.45, 2.75) is 50.7 Å². The molecular formula is C14H23N3O2S. The number of nitrogens with two attached hydrogens (primary N) is 1. The van der Waals surface area contributed by atoms with Gasteiger partial charge in [-0.1, -0.05) is 43.2 Å². The van der Waals surface area contributed by atoms with E-state index < -0.39 is 10.2 Å². The van der Waals surface area contributed by atoms with Gasteiger partial charge in [-0.3, -0.25) is 0 Å². The van der Waals surface area contributed by atoms with Gasteiger partial charge in [0.25, 0.3) is 10.2 Å². The molecule has 0 aliphatic heterocycles. The third-order valence-electron chi connectivity index (χ3n) is 3.76. The molecule has 0 radical (unpaired) electrons. The molecule has 1 aromatic carbocycles. The highest BCUT2D eigenvalue weighted by Gasteiger charge is 2.26. The lowest BCUT2D eigenvalue weighted by atomic mass is 9.92. The molecule has 20 heavy (non-hydrogen) atoms. The van der Waals surface area contributed by atoms with Crippen LogP contribution in [0.1, 0.15) is 44.2 Å². The molecule has 0 unspecified atom stereocenters. The fourth-order valence-electron chi connectivity index (χ4n) is 2.58. The molecule has 0 spiro atoms. The summed E-state index contributed by atoms with van der Waals surface area (Å²) in [5.74, 6) is 0. The van der Waals surface area contributed by atoms with E-state index in [2.05, 4.69) is 9.44 Å². The fraction of sp³-hybridized carbons (Fsp3) is 0.571. The molecule has 1 aromatic rings. The van der Waals surface area contributed by atoms with Gasteiger partial charge in [0.1, 0.15) is 0 Å². The van der Waals surface area contributed by atoms with Crippen LogP contribution in [0.15, 0.2) is 30.3 Å². The van der Waals surface area contributed by atoms with Gasteiger partial charge in [-0.05, 0) is 25.3 Å². The van der Waals surface area contributed by atoms with Crippen LogP contribution >= 0.6 is 0 Å². The van der Waals surface area contributed by atoms with Gasteiger partial charge >= 0.3 is 0 Å². The Bertz CT molecular complexity index is 518. The number of hydrogen-bond donors (Lipinski definition) is 3. The number of rotatable bonds is 5. The SMILES string of the molecule is C[C@H](NS(=O)(=O)N[C@@H]1CCCC[C@H]1N)c1ccccc1. The molecular weight excluding hydrogens is 274 g/mol. The molecule has 5 nitrogen and oxygen atoms in total. The highest BCUT2D eigenvalue weighted by Crippen LogP contribution is 2.18. The summed E-state index contributed by atoms with van der Waals surface area (Å²) in [4.78, 5) is 0. The molecule has 1 aliphatic carbocycles. The van der Waals surface area contributed by atoms with E-state index in [0.29, 0.717) is 0 Å². The first-order valence-electron chi connectivity index (χ1n) is 7.08. The Morgan fingerprint density at radius 2 is 1.85 bits per heavy atom. The Hall–Kier alpha value is -0.950. The molecule has 0 bridgehead atoms. The van der Waals surface area contributed by atoms with Crippen molar-refractivity contribution in [3.8, 4) is 0 Å². The van der Waals surface area contributed by atoms with E-state index in [1.807, 2.05) is 37.3 Å². The standard InChI is InChI=1S/C14H23N3O2S/c1-11(12-7-3-2-4-8-12)16-20(18,19)17-14-10-6-5-9-13(14)15/h2-4,7-8,11,13-14,16-17H,5-6,9-10,15H2,1H3/t11-,13+,14+/m0/s1. The molecule has 0 heterocycles. The van der Waals surface area contributed by atoms with Crippen LogP contribution in [0.3, 0.4) is 0 Å². The van der Waals surface area contributed by atoms with Gasteiger partial charge in [-0.2, -0.15) is 17.9 Å². The molecule has 1 saturated carbocycles. The summed E-state index contributed by atoms with van der Waals surface area (Å²) in [5.41, 5.74) is 6.91. The first-order valence-corrected chi connectivity index (χ1v) is 8.56. The molecule has 0 saturated heterocycles. The maximum absolute atomic E-state index is 12.2. The lowest BCUT2D eigenvalue weighted by Crippen LogP contribution is -2.52. The van der Waals surface area contributed by atoms with Gasteiger partial charge in [-0.15, -0.1) is 0 Å². The van der Waals surface area contributed by atoms with Crippen LogP contribution in [-0.2, 0) is 10.2 Å². The molecule has 2 rings (SSSR count). The van der Waals surface area contributed by atoms with Gasteiger partial charge in [0.15, 0.2) is 0 Å². The Kier molecular flexibility index (Phi) is 5.15. The predicted molar refractivity (Wildman–Crippen MR) is 80.3 cm³/mol. The van der Waals surface area contributed by atoms with Gasteiger partial charge in [-0.25, -0.2) is 0 Å². The molecule has 0 aromatic heterocycles. The maximum atomic E-state index is 12.2. The average molecular weight is 297 g/mol. The third kappa shape index (κ3) is 4.28. The fourth-order valence-corrected chi connectivity index (χ4v) is 3.94. The zero-order valence-electron chi connectivity index (χ0n) is 11.7. The highest BCUT2D eigenvalue weighted by molar-refractivity contribution is 7.87. The molecule has 1 aliphatic rings. The van der Waals surface area contributed by atoms with Crippen molar-refractivity contribution in [1.29, 1.82) is 0 Å². The quantitative estimate of drug-likeness (QED) is 0.769. The van der Waals surface area contributed by atoms with E-state index in [0.717, 1.165) is 31.2 Å². The number of hydrogen-bond acceptors (Lipinski definition) is 3. The predicted octanol–water partition coefficient (Wildman–Crippen LogP) is 1.44. The summed E-state index contributed by atoms with van der Waals surface area (Å²) >= 11 is 0. The average Bonchev–Trinajstić information content (AvgIpc) is 2.41. The summed E-state index contributed by atoms with van der Waals surface area (Å²) in [6, 6.07) is 8.98. The van der Waals surface area contributed by atoms with Gasteiger partial charge in [0, 0.05) is 18.1 Å². The zero-order chi connectivity index (χ0) is 14.6. The molecule has 6 heteroatoms. The van der Waals surface area contributed by atoms with Gasteiger partial charge in [0.2, 0.25) is 0 Å². The normalized spacial score (nSPS) is 25.3. The van der Waals surface area contributed by atoms with E-state index in [-0.39, 0.29) is 18.1 Å². The van der Waals surface area contributed by atoms with Crippen molar-refractivity contribution in [2.24, 2.45) is 5.73 Å². The van der Waals surface area contributed by atoms with E-state index in [9.17, 15) is 8.42 Å². The number of nitrogens with one attached hydrogen (secondary N) is 2. The summed E-state index contributed by atoms with van der Waals surface area (Å²) < 4.78 is 29.6. The molecule has 3 atom stereocenters. The van der Waals surface area contributed by atoms with E-state index in [1.54, 1.807) is 0 Å². The summed E-state index contributed by atoms with van der Waals surface area (Å²) in [7, 11) is -3.54. The third-order valence-corrected chi connectivity index (χ3v) is 5.03. The van der Waals surface area contributed by atoms with Crippen LogP contribution in [0.25, 0.3) is 0 Å². The molecule has 112 valence electrons. The van der Waals surface area contributed by atoms with E-state index in [4.69, 9.17) is 5.73 Å². The summed E-state index contributed by atoms with van der Waals surface area (Å²) in [5, 5.41) is 0. The minimum atomic E-state index is -3.54. The van der Waals surface area contributed by atoms with Crippen molar-refractivity contribution in [1.82, 2.24) is 9.44 Å². The van der Waals surface area contributed by atoms with Crippen LogP contribution in [-0.4, -0.2) is 20.5 Å². The molecule has 1 fully saturated rings. The topological polar surface area (TPSA) is 84.2 Å². The van der Waals surface area contributed by atoms with Crippen molar-refractivity contribution < 1.29 is 8.42 Å². The second-order valence-corrected chi connectivity index (χ2v) is 6.90. The smallest absolute Gasteiger partial charge is 0.277 e. The summed E-state index contributed by atoms with van der Waals surface area (Å²) in [6.07, 6.45) is 3.78. The van der Waals surface area contributed by atoms with E-state index >= 15 is 0 Å². The van der Waals surface area contributed by atoms with Crippen LogP contribution in [0.4, 0.5) is 0 Å². The van der Waals surface area contributed by atoms with Crippen molar-refractivity contribution >= 4 is 10.2 Å². The molecule has 0 amide bonds. The maximum Gasteiger partial charge on any atom is 0.277 e. The molecule has 4 N–H and O–H groups in total.